The molecule has 0 bridgehead atoms. The van der Waals surface area contributed by atoms with Gasteiger partial charge in [-0.1, -0.05) is 6.08 Å². The first-order valence-corrected chi connectivity index (χ1v) is 11.3. The van der Waals surface area contributed by atoms with E-state index < -0.39 is 42.4 Å². The molecule has 11 heteroatoms. The lowest BCUT2D eigenvalue weighted by Crippen LogP contribution is -2.46. The summed E-state index contributed by atoms with van der Waals surface area (Å²) in [5.74, 6) is -0.877. The number of halogens is 4. The summed E-state index contributed by atoms with van der Waals surface area (Å²) in [6, 6.07) is -0.863. The Bertz CT molecular complexity index is 1130. The van der Waals surface area contributed by atoms with Gasteiger partial charge in [-0.15, -0.1) is 0 Å². The second kappa shape index (κ2) is 7.63. The molecule has 0 radical (unpaired) electrons. The van der Waals surface area contributed by atoms with Gasteiger partial charge >= 0.3 is 6.01 Å². The van der Waals surface area contributed by atoms with Gasteiger partial charge in [-0.2, -0.15) is 14.4 Å². The van der Waals surface area contributed by atoms with E-state index in [1.54, 1.807) is 15.9 Å². The molecule has 32 heavy (non-hydrogen) atoms. The van der Waals surface area contributed by atoms with Crippen LogP contribution in [0, 0.1) is 5.92 Å². The molecule has 4 aliphatic heterocycles. The van der Waals surface area contributed by atoms with Crippen molar-refractivity contribution < 1.29 is 25.4 Å². The Morgan fingerprint density at radius 2 is 2.22 bits per heavy atom. The third kappa shape index (κ3) is 3.25. The lowest BCUT2D eigenvalue weighted by Gasteiger charge is -2.31. The molecule has 5 heterocycles. The van der Waals surface area contributed by atoms with E-state index >= 15 is 4.39 Å². The van der Waals surface area contributed by atoms with Crippen molar-refractivity contribution in [3.63, 3.8) is 0 Å². The van der Waals surface area contributed by atoms with E-state index in [0.29, 0.717) is 37.9 Å². The van der Waals surface area contributed by atoms with E-state index in [9.17, 15) is 8.78 Å². The van der Waals surface area contributed by atoms with Gasteiger partial charge in [0.2, 0.25) is 5.95 Å². The molecular formula is C21H25ClF3N5O2. The number of hydrogen-bond donors (Lipinski definition) is 0. The molecule has 0 N–H and O–H groups in total. The number of hydrogen-bond acceptors (Lipinski definition) is 7. The zero-order chi connectivity index (χ0) is 23.8. The van der Waals surface area contributed by atoms with Gasteiger partial charge < -0.3 is 14.4 Å². The number of ether oxygens (including phenoxy) is 2. The number of anilines is 1. The fourth-order valence-electron chi connectivity index (χ4n) is 5.50. The molecule has 7 nitrogen and oxygen atoms in total. The number of nitrogens with zero attached hydrogens (tertiary/aromatic N) is 5. The number of rotatable bonds is 4. The lowest BCUT2D eigenvalue weighted by atomic mass is 9.95. The highest BCUT2D eigenvalue weighted by Gasteiger charge is 2.56. The van der Waals surface area contributed by atoms with Gasteiger partial charge in [-0.3, -0.25) is 9.32 Å². The van der Waals surface area contributed by atoms with Crippen LogP contribution in [-0.2, 0) is 4.74 Å². The normalized spacial score (nSPS) is 37.7. The second-order valence-electron chi connectivity index (χ2n) is 9.09. The van der Waals surface area contributed by atoms with Gasteiger partial charge in [0, 0.05) is 42.4 Å². The van der Waals surface area contributed by atoms with Crippen LogP contribution in [0.1, 0.15) is 22.0 Å². The number of alkyl halides is 2. The third-order valence-corrected chi connectivity index (χ3v) is 7.44. The van der Waals surface area contributed by atoms with Crippen molar-refractivity contribution >= 4 is 29.6 Å². The molecule has 1 aromatic heterocycles. The zero-order valence-electron chi connectivity index (χ0n) is 19.3. The van der Waals surface area contributed by atoms with Crippen LogP contribution < -0.4 is 20.2 Å². The summed E-state index contributed by atoms with van der Waals surface area (Å²) in [7, 11) is 0. The molecule has 1 aromatic rings. The molecule has 0 amide bonds. The molecule has 5 atom stereocenters. The molecule has 0 aromatic carbocycles. The average molecular weight is 474 g/mol. The number of aromatic nitrogens is 2. The van der Waals surface area contributed by atoms with E-state index in [-0.39, 0.29) is 36.6 Å². The van der Waals surface area contributed by atoms with Crippen molar-refractivity contribution in [3.8, 4) is 6.01 Å². The van der Waals surface area contributed by atoms with Crippen molar-refractivity contribution in [2.45, 2.75) is 43.2 Å². The highest BCUT2D eigenvalue weighted by Crippen LogP contribution is 2.42. The molecule has 174 valence electrons. The average Bonchev–Trinajstić information content (AvgIpc) is 3.14. The summed E-state index contributed by atoms with van der Waals surface area (Å²) in [4.78, 5) is 12.1. The van der Waals surface area contributed by atoms with Crippen LogP contribution in [0.5, 0.6) is 6.01 Å². The molecule has 0 spiro atoms. The first-order chi connectivity index (χ1) is 16.2. The van der Waals surface area contributed by atoms with Gasteiger partial charge in [-0.25, -0.2) is 8.78 Å². The summed E-state index contributed by atoms with van der Waals surface area (Å²) in [6.07, 6.45) is 0.539. The minimum absolute atomic E-state index is 0.00172. The van der Waals surface area contributed by atoms with Crippen molar-refractivity contribution in [2.24, 2.45) is 5.92 Å². The monoisotopic (exact) mass is 473 g/mol. The van der Waals surface area contributed by atoms with E-state index in [2.05, 4.69) is 9.97 Å². The Kier molecular flexibility index (Phi) is 4.44. The molecule has 1 saturated carbocycles. The molecule has 5 aliphatic rings. The zero-order valence-corrected chi connectivity index (χ0v) is 18.1. The maximum absolute atomic E-state index is 15.0. The third-order valence-electron chi connectivity index (χ3n) is 7.15. The van der Waals surface area contributed by atoms with Crippen LogP contribution >= 0.6 is 11.8 Å². The van der Waals surface area contributed by atoms with E-state index in [4.69, 9.17) is 24.0 Å². The fourth-order valence-corrected chi connectivity index (χ4v) is 5.65. The minimum Gasteiger partial charge on any atom is -0.461 e. The van der Waals surface area contributed by atoms with Crippen molar-refractivity contribution in [3.05, 3.63) is 10.6 Å². The Balaban J connectivity index is 1.44. The van der Waals surface area contributed by atoms with Crippen LogP contribution in [0.4, 0.5) is 19.0 Å². The topological polar surface area (TPSA) is 54.0 Å². The maximum Gasteiger partial charge on any atom is 0.319 e. The standard InChI is InChI=1S/C21H25ClF3N5O2/c22-30-5-2-13-16(18(30)25)26-20(32-11-21-3-1-4-28(21)9-12(23)8-21)27-19(13)29-6-7-31-10-14-15(24)17(14)29/h2,12,14-15,17H,1,3-11H2/t12-,14?,15?,17?,21+/m1/s1/i11D2. The van der Waals surface area contributed by atoms with Crippen LogP contribution in [0.25, 0.3) is 12.0 Å². The van der Waals surface area contributed by atoms with Crippen molar-refractivity contribution in [2.75, 3.05) is 50.9 Å². The Morgan fingerprint density at radius 3 is 3.09 bits per heavy atom. The van der Waals surface area contributed by atoms with Gasteiger partial charge in [-0.05, 0) is 19.4 Å². The quantitative estimate of drug-likeness (QED) is 0.475. The predicted molar refractivity (Wildman–Crippen MR) is 112 cm³/mol. The van der Waals surface area contributed by atoms with Crippen LogP contribution in [0.2, 0.25) is 0 Å². The van der Waals surface area contributed by atoms with Gasteiger partial charge in [0.25, 0.3) is 0 Å². The highest BCUT2D eigenvalue weighted by molar-refractivity contribution is 6.16. The first-order valence-electron chi connectivity index (χ1n) is 12.0. The molecule has 1 aliphatic carbocycles. The van der Waals surface area contributed by atoms with Crippen LogP contribution in [-0.4, -0.2) is 89.2 Å². The summed E-state index contributed by atoms with van der Waals surface area (Å²) >= 11 is 5.97. The lowest BCUT2D eigenvalue weighted by molar-refractivity contribution is 0.107. The Labute approximate surface area is 191 Å². The maximum atomic E-state index is 15.0. The summed E-state index contributed by atoms with van der Waals surface area (Å²) in [5.41, 5.74) is -1.15. The summed E-state index contributed by atoms with van der Waals surface area (Å²) in [6.45, 7) is -0.579. The Morgan fingerprint density at radius 1 is 1.34 bits per heavy atom. The molecular weight excluding hydrogens is 447 g/mol. The Hall–Kier alpha value is -1.78. The van der Waals surface area contributed by atoms with Crippen LogP contribution in [0.3, 0.4) is 0 Å². The molecule has 3 saturated heterocycles. The van der Waals surface area contributed by atoms with Crippen LogP contribution in [0.15, 0.2) is 0 Å². The summed E-state index contributed by atoms with van der Waals surface area (Å²) in [5, 5.41) is 0.206. The summed E-state index contributed by atoms with van der Waals surface area (Å²) < 4.78 is 73.4. The molecule has 3 unspecified atom stereocenters. The minimum atomic E-state index is -2.34. The number of fused-ring (bicyclic) bond motifs is 3. The fraction of sp³-hybridized carbons (Fsp3) is 0.714. The smallest absolute Gasteiger partial charge is 0.319 e. The molecule has 4 fully saturated rings. The predicted octanol–water partition coefficient (Wildman–Crippen LogP) is 0.890. The first kappa shape index (κ1) is 18.6. The molecule has 6 rings (SSSR count). The second-order valence-corrected chi connectivity index (χ2v) is 9.49. The van der Waals surface area contributed by atoms with E-state index in [1.165, 1.54) is 0 Å². The van der Waals surface area contributed by atoms with Gasteiger partial charge in [0.05, 0.1) is 34.1 Å². The van der Waals surface area contributed by atoms with Crippen molar-refractivity contribution in [1.29, 1.82) is 0 Å². The largest absolute Gasteiger partial charge is 0.461 e. The van der Waals surface area contributed by atoms with E-state index in [1.807, 2.05) is 0 Å². The highest BCUT2D eigenvalue weighted by atomic mass is 35.5. The SMILES string of the molecule is [2H]C([2H])(Oc1nc(N2CCOCC3C(F)C32)c2c(n1)=C(F)N(Cl)CC=2)[C@@]12CCCN1C[C@H](F)C2. The van der Waals surface area contributed by atoms with E-state index in [0.717, 1.165) is 10.8 Å². The van der Waals surface area contributed by atoms with Crippen molar-refractivity contribution in [1.82, 2.24) is 19.3 Å². The van der Waals surface area contributed by atoms with Gasteiger partial charge in [0.1, 0.15) is 30.1 Å². The van der Waals surface area contributed by atoms with Gasteiger partial charge in [0.15, 0.2) is 0 Å².